The van der Waals surface area contributed by atoms with Crippen LogP contribution in [0.25, 0.3) is 0 Å². The van der Waals surface area contributed by atoms with E-state index in [9.17, 15) is 0 Å². The van der Waals surface area contributed by atoms with Crippen LogP contribution >= 0.6 is 0 Å². The Bertz CT molecular complexity index is 1110. The third-order valence-corrected chi connectivity index (χ3v) is 9.33. The number of hydrogen-bond acceptors (Lipinski definition) is 7. The molecule has 1 aromatic carbocycles. The van der Waals surface area contributed by atoms with E-state index in [1.807, 2.05) is 0 Å². The van der Waals surface area contributed by atoms with Gasteiger partial charge in [0.25, 0.3) is 0 Å². The van der Waals surface area contributed by atoms with Crippen LogP contribution in [0, 0.1) is 0 Å². The van der Waals surface area contributed by atoms with E-state index >= 15 is 0 Å². The van der Waals surface area contributed by atoms with Gasteiger partial charge < -0.3 is 24.8 Å². The summed E-state index contributed by atoms with van der Waals surface area (Å²) in [6.45, 7) is 5.80. The van der Waals surface area contributed by atoms with Gasteiger partial charge in [-0.3, -0.25) is 0 Å². The maximum absolute atomic E-state index is 6.33. The van der Waals surface area contributed by atoms with Crippen LogP contribution in [0.2, 0.25) is 0 Å². The molecule has 4 aliphatic heterocycles. The van der Waals surface area contributed by atoms with Crippen molar-refractivity contribution in [2.24, 2.45) is 0 Å². The fourth-order valence-corrected chi connectivity index (χ4v) is 7.31. The second kappa shape index (κ2) is 9.49. The lowest BCUT2D eigenvalue weighted by atomic mass is 9.89. The number of aromatic nitrogens is 2. The summed E-state index contributed by atoms with van der Waals surface area (Å²) in [4.78, 5) is 17.7. The van der Waals surface area contributed by atoms with E-state index < -0.39 is 0 Å². The summed E-state index contributed by atoms with van der Waals surface area (Å²) in [7, 11) is 2.20. The number of fused-ring (bicyclic) bond motifs is 4. The smallest absolute Gasteiger partial charge is 0.318 e. The zero-order valence-corrected chi connectivity index (χ0v) is 21.7. The first-order valence-corrected chi connectivity index (χ1v) is 14.3. The maximum Gasteiger partial charge on any atom is 0.318 e. The lowest BCUT2D eigenvalue weighted by Crippen LogP contribution is -2.52. The number of benzene rings is 1. The third-order valence-electron chi connectivity index (χ3n) is 9.33. The molecule has 7 rings (SSSR count). The highest BCUT2D eigenvalue weighted by molar-refractivity contribution is 5.61. The molecular weight excluding hydrogens is 448 g/mol. The summed E-state index contributed by atoms with van der Waals surface area (Å²) in [5, 5.41) is 3.78. The Morgan fingerprint density at radius 3 is 2.61 bits per heavy atom. The van der Waals surface area contributed by atoms with Crippen molar-refractivity contribution in [3.63, 3.8) is 0 Å². The van der Waals surface area contributed by atoms with Gasteiger partial charge in [0.15, 0.2) is 0 Å². The number of aryl methyl sites for hydroxylation is 1. The number of ether oxygens (including phenoxy) is 1. The molecule has 1 aromatic heterocycles. The number of anilines is 2. The second-order valence-electron chi connectivity index (χ2n) is 11.7. The lowest BCUT2D eigenvalue weighted by Gasteiger charge is -2.38. The SMILES string of the molecule is CN1CCCC1COc1nc2c(c(N3C[C@H]4CC[C@@H](C3)N4)n1)CCN(c1cccc3c1CCCC3)C2. The molecule has 192 valence electrons. The Hall–Kier alpha value is -2.38. The molecule has 36 heavy (non-hydrogen) atoms. The van der Waals surface area contributed by atoms with Crippen LogP contribution in [0.4, 0.5) is 11.5 Å². The molecule has 0 saturated carbocycles. The van der Waals surface area contributed by atoms with Crippen LogP contribution < -0.4 is 19.9 Å². The minimum atomic E-state index is 0.468. The normalized spacial score (nSPS) is 27.8. The van der Waals surface area contributed by atoms with E-state index in [1.54, 1.807) is 11.1 Å². The molecule has 7 nitrogen and oxygen atoms in total. The van der Waals surface area contributed by atoms with Crippen LogP contribution in [-0.4, -0.2) is 72.8 Å². The molecule has 2 aromatic rings. The van der Waals surface area contributed by atoms with Gasteiger partial charge in [0.2, 0.25) is 0 Å². The molecule has 0 spiro atoms. The molecule has 7 heteroatoms. The van der Waals surface area contributed by atoms with Crippen molar-refractivity contribution in [1.82, 2.24) is 20.2 Å². The van der Waals surface area contributed by atoms with Crippen molar-refractivity contribution < 1.29 is 4.74 Å². The second-order valence-corrected chi connectivity index (χ2v) is 11.7. The molecule has 3 saturated heterocycles. The predicted octanol–water partition coefficient (Wildman–Crippen LogP) is 3.33. The summed E-state index contributed by atoms with van der Waals surface area (Å²) in [5.41, 5.74) is 7.06. The van der Waals surface area contributed by atoms with Crippen molar-refractivity contribution in [2.75, 3.05) is 49.6 Å². The minimum absolute atomic E-state index is 0.468. The minimum Gasteiger partial charge on any atom is -0.462 e. The molecule has 3 atom stereocenters. The first kappa shape index (κ1) is 22.8. The number of nitrogens with zero attached hydrogens (tertiary/aromatic N) is 5. The van der Waals surface area contributed by atoms with Crippen LogP contribution in [-0.2, 0) is 25.8 Å². The monoisotopic (exact) mass is 488 g/mol. The Kier molecular flexibility index (Phi) is 6.01. The molecule has 1 N–H and O–H groups in total. The van der Waals surface area contributed by atoms with Gasteiger partial charge in [0.05, 0.1) is 12.2 Å². The van der Waals surface area contributed by atoms with Crippen LogP contribution in [0.1, 0.15) is 60.9 Å². The van der Waals surface area contributed by atoms with Crippen molar-refractivity contribution >= 4 is 11.5 Å². The summed E-state index contributed by atoms with van der Waals surface area (Å²) in [5.74, 6) is 1.14. The number of piperazine rings is 1. The van der Waals surface area contributed by atoms with E-state index in [0.717, 1.165) is 45.0 Å². The molecule has 2 bridgehead atoms. The number of likely N-dealkylation sites (N-methyl/N-ethyl adjacent to an activating group) is 1. The van der Waals surface area contributed by atoms with Gasteiger partial charge in [-0.2, -0.15) is 9.97 Å². The van der Waals surface area contributed by atoms with Crippen molar-refractivity contribution in [2.45, 2.75) is 82.5 Å². The lowest BCUT2D eigenvalue weighted by molar-refractivity contribution is 0.187. The Labute approximate surface area is 215 Å². The first-order chi connectivity index (χ1) is 17.7. The van der Waals surface area contributed by atoms with Gasteiger partial charge in [-0.15, -0.1) is 0 Å². The Morgan fingerprint density at radius 2 is 1.78 bits per heavy atom. The molecule has 0 amide bonds. The molecule has 3 fully saturated rings. The highest BCUT2D eigenvalue weighted by Crippen LogP contribution is 2.36. The van der Waals surface area contributed by atoms with Crippen LogP contribution in [0.5, 0.6) is 6.01 Å². The van der Waals surface area contributed by atoms with E-state index in [0.29, 0.717) is 30.7 Å². The maximum atomic E-state index is 6.33. The standard InChI is InChI=1S/C29H40N6O/c1-33-14-5-8-23(33)19-36-29-31-26-18-34(27-10-4-7-20-6-2-3-9-24(20)27)15-13-25(26)28(32-29)35-16-21-11-12-22(17-35)30-21/h4,7,10,21-23,30H,2-3,5-6,8-9,11-19H2,1H3/t21-,22+,23?. The highest BCUT2D eigenvalue weighted by atomic mass is 16.5. The van der Waals surface area contributed by atoms with E-state index in [2.05, 4.69) is 45.3 Å². The summed E-state index contributed by atoms with van der Waals surface area (Å²) in [6, 6.07) is 9.13. The van der Waals surface area contributed by atoms with Gasteiger partial charge in [0, 0.05) is 49.0 Å². The van der Waals surface area contributed by atoms with Gasteiger partial charge in [0.1, 0.15) is 12.4 Å². The van der Waals surface area contributed by atoms with Gasteiger partial charge in [-0.25, -0.2) is 0 Å². The number of likely N-dealkylation sites (tertiary alicyclic amines) is 1. The highest BCUT2D eigenvalue weighted by Gasteiger charge is 2.35. The summed E-state index contributed by atoms with van der Waals surface area (Å²) in [6.07, 6.45) is 11.1. The van der Waals surface area contributed by atoms with E-state index in [1.165, 1.54) is 68.3 Å². The molecule has 1 aliphatic carbocycles. The molecule has 5 aliphatic rings. The van der Waals surface area contributed by atoms with Crippen LogP contribution in [0.15, 0.2) is 18.2 Å². The van der Waals surface area contributed by atoms with Crippen molar-refractivity contribution in [3.05, 3.63) is 40.6 Å². The first-order valence-electron chi connectivity index (χ1n) is 14.3. The van der Waals surface area contributed by atoms with Gasteiger partial charge in [-0.1, -0.05) is 12.1 Å². The fraction of sp³-hybridized carbons (Fsp3) is 0.655. The van der Waals surface area contributed by atoms with Crippen molar-refractivity contribution in [3.8, 4) is 6.01 Å². The molecule has 0 radical (unpaired) electrons. The Balaban J connectivity index is 1.20. The average molecular weight is 489 g/mol. The largest absolute Gasteiger partial charge is 0.462 e. The quantitative estimate of drug-likeness (QED) is 0.693. The molecule has 5 heterocycles. The predicted molar refractivity (Wildman–Crippen MR) is 143 cm³/mol. The van der Waals surface area contributed by atoms with Crippen molar-refractivity contribution in [1.29, 1.82) is 0 Å². The van der Waals surface area contributed by atoms with E-state index in [4.69, 9.17) is 14.7 Å². The Morgan fingerprint density at radius 1 is 0.917 bits per heavy atom. The zero-order valence-electron chi connectivity index (χ0n) is 21.7. The summed E-state index contributed by atoms with van der Waals surface area (Å²) < 4.78 is 6.33. The zero-order chi connectivity index (χ0) is 24.1. The molecular formula is C29H40N6O. The fourth-order valence-electron chi connectivity index (χ4n) is 7.31. The number of hydrogen-bond donors (Lipinski definition) is 1. The third kappa shape index (κ3) is 4.24. The number of nitrogens with one attached hydrogen (secondary N) is 1. The molecule has 1 unspecified atom stereocenters. The van der Waals surface area contributed by atoms with Gasteiger partial charge in [-0.05, 0) is 88.6 Å². The van der Waals surface area contributed by atoms with E-state index in [-0.39, 0.29) is 0 Å². The number of rotatable bonds is 5. The topological polar surface area (TPSA) is 56.8 Å². The average Bonchev–Trinajstić information content (AvgIpc) is 3.49. The van der Waals surface area contributed by atoms with Gasteiger partial charge >= 0.3 is 6.01 Å². The van der Waals surface area contributed by atoms with Crippen LogP contribution in [0.3, 0.4) is 0 Å². The summed E-state index contributed by atoms with van der Waals surface area (Å²) >= 11 is 0.